The Hall–Kier alpha value is -2.55. The maximum Gasteiger partial charge on any atom is 0.350 e. The molecule has 2 aliphatic heterocycles. The third-order valence-corrected chi connectivity index (χ3v) is 4.23. The van der Waals surface area contributed by atoms with Gasteiger partial charge < -0.3 is 10.5 Å². The van der Waals surface area contributed by atoms with Crippen LogP contribution in [0.25, 0.3) is 0 Å². The zero-order valence-electron chi connectivity index (χ0n) is 12.6. The summed E-state index contributed by atoms with van der Waals surface area (Å²) in [6.45, 7) is 0.283. The number of hydrogen-bond donors (Lipinski definition) is 1. The van der Waals surface area contributed by atoms with Gasteiger partial charge in [0.2, 0.25) is 5.50 Å². The lowest BCUT2D eigenvalue weighted by Gasteiger charge is -2.21. The molecule has 0 aliphatic carbocycles. The Bertz CT molecular complexity index is 769. The van der Waals surface area contributed by atoms with Crippen molar-refractivity contribution in [2.45, 2.75) is 12.0 Å². The number of nitrogens with two attached hydrogens (primary N) is 1. The van der Waals surface area contributed by atoms with Crippen molar-refractivity contribution in [3.63, 3.8) is 0 Å². The first-order valence-corrected chi connectivity index (χ1v) is 8.39. The van der Waals surface area contributed by atoms with E-state index in [9.17, 15) is 9.00 Å². The zero-order valence-corrected chi connectivity index (χ0v) is 13.4. The summed E-state index contributed by atoms with van der Waals surface area (Å²) in [5.41, 5.74) is 6.12. The van der Waals surface area contributed by atoms with Gasteiger partial charge in [-0.15, -0.1) is 0 Å². The smallest absolute Gasteiger partial charge is 0.350 e. The Balaban J connectivity index is 1.88. The molecular weight excluding hydrogens is 318 g/mol. The van der Waals surface area contributed by atoms with Crippen LogP contribution in [0.2, 0.25) is 0 Å². The van der Waals surface area contributed by atoms with Crippen LogP contribution in [0.1, 0.15) is 5.56 Å². The molecule has 2 aliphatic rings. The molecule has 0 fully saturated rings. The quantitative estimate of drug-likeness (QED) is 0.865. The van der Waals surface area contributed by atoms with Crippen LogP contribution in [0.5, 0.6) is 5.75 Å². The number of urea groups is 1. The Morgan fingerprint density at radius 1 is 1.30 bits per heavy atom. The first kappa shape index (κ1) is 15.3. The van der Waals surface area contributed by atoms with Crippen molar-refractivity contribution in [3.8, 4) is 5.75 Å². The number of amides is 2. The maximum absolute atomic E-state index is 12.1. The summed E-state index contributed by atoms with van der Waals surface area (Å²) >= 11 is 0. The van der Waals surface area contributed by atoms with Gasteiger partial charge in [0, 0.05) is 6.26 Å². The van der Waals surface area contributed by atoms with Crippen molar-refractivity contribution in [3.05, 3.63) is 29.8 Å². The minimum absolute atomic E-state index is 0.0841. The van der Waals surface area contributed by atoms with Gasteiger partial charge >= 0.3 is 6.03 Å². The number of fused-ring (bicyclic) bond motifs is 1. The summed E-state index contributed by atoms with van der Waals surface area (Å²) < 4.78 is 16.7. The number of nitrogens with zero attached hydrogens (tertiary/aromatic N) is 4. The summed E-state index contributed by atoms with van der Waals surface area (Å²) in [4.78, 5) is 25.7. The normalized spacial score (nSPS) is 21.3. The Morgan fingerprint density at radius 2 is 2.00 bits per heavy atom. The molecule has 8 nitrogen and oxygen atoms in total. The van der Waals surface area contributed by atoms with E-state index < -0.39 is 22.3 Å². The van der Waals surface area contributed by atoms with Crippen LogP contribution in [0.15, 0.2) is 39.2 Å². The molecule has 0 bridgehead atoms. The second kappa shape index (κ2) is 5.92. The van der Waals surface area contributed by atoms with Crippen LogP contribution >= 0.6 is 0 Å². The number of amidine groups is 2. The Labute approximate surface area is 135 Å². The van der Waals surface area contributed by atoms with Gasteiger partial charge in [-0.2, -0.15) is 4.99 Å². The highest BCUT2D eigenvalue weighted by Crippen LogP contribution is 2.20. The fraction of sp³-hybridized carbons (Fsp3) is 0.286. The number of carbonyl (C=O) groups is 1. The number of aliphatic imine (C=N–C) groups is 3. The summed E-state index contributed by atoms with van der Waals surface area (Å²) in [6.07, 6.45) is 1.48. The highest BCUT2D eigenvalue weighted by Gasteiger charge is 2.37. The minimum atomic E-state index is -1.32. The number of ether oxygens (including phenoxy) is 1. The lowest BCUT2D eigenvalue weighted by molar-refractivity contribution is 0.231. The minimum Gasteiger partial charge on any atom is -0.497 e. The zero-order chi connectivity index (χ0) is 16.6. The highest BCUT2D eigenvalue weighted by molar-refractivity contribution is 7.84. The average molecular weight is 333 g/mol. The molecule has 0 saturated carbocycles. The monoisotopic (exact) mass is 333 g/mol. The molecule has 2 heterocycles. The molecule has 120 valence electrons. The summed E-state index contributed by atoms with van der Waals surface area (Å²) in [5, 5.41) is 0. The molecular formula is C14H15N5O3S. The molecule has 0 spiro atoms. The molecule has 23 heavy (non-hydrogen) atoms. The Kier molecular flexibility index (Phi) is 3.95. The van der Waals surface area contributed by atoms with Crippen molar-refractivity contribution >= 4 is 34.2 Å². The van der Waals surface area contributed by atoms with Crippen LogP contribution < -0.4 is 10.5 Å². The second-order valence-corrected chi connectivity index (χ2v) is 6.39. The topological polar surface area (TPSA) is 110 Å². The molecule has 2 amide bonds. The third-order valence-electron chi connectivity index (χ3n) is 3.43. The van der Waals surface area contributed by atoms with E-state index in [1.807, 2.05) is 12.1 Å². The van der Waals surface area contributed by atoms with Gasteiger partial charge in [-0.1, -0.05) is 12.1 Å². The van der Waals surface area contributed by atoms with Crippen LogP contribution in [0.3, 0.4) is 0 Å². The van der Waals surface area contributed by atoms with E-state index in [-0.39, 0.29) is 18.1 Å². The van der Waals surface area contributed by atoms with Crippen LogP contribution in [-0.4, -0.2) is 51.4 Å². The molecule has 0 aromatic heterocycles. The van der Waals surface area contributed by atoms with E-state index in [0.717, 1.165) is 11.3 Å². The number of rotatable bonds is 4. The van der Waals surface area contributed by atoms with Crippen molar-refractivity contribution < 1.29 is 13.7 Å². The summed E-state index contributed by atoms with van der Waals surface area (Å²) in [7, 11) is 0.263. The number of hydrogen-bond acceptors (Lipinski definition) is 6. The first-order valence-electron chi connectivity index (χ1n) is 6.76. The molecule has 3 rings (SSSR count). The van der Waals surface area contributed by atoms with Gasteiger partial charge in [-0.25, -0.2) is 14.8 Å². The van der Waals surface area contributed by atoms with Gasteiger partial charge in [-0.05, 0) is 17.7 Å². The fourth-order valence-electron chi connectivity index (χ4n) is 2.25. The third kappa shape index (κ3) is 2.87. The Morgan fingerprint density at radius 3 is 2.61 bits per heavy atom. The second-order valence-electron chi connectivity index (χ2n) is 4.97. The predicted octanol–water partition coefficient (Wildman–Crippen LogP) is 0.503. The van der Waals surface area contributed by atoms with Crippen LogP contribution in [0, 0.1) is 0 Å². The van der Waals surface area contributed by atoms with E-state index in [4.69, 9.17) is 10.5 Å². The molecule has 2 N–H and O–H groups in total. The molecule has 9 heteroatoms. The lowest BCUT2D eigenvalue weighted by Crippen LogP contribution is -2.42. The van der Waals surface area contributed by atoms with Gasteiger partial charge in [0.05, 0.1) is 24.5 Å². The van der Waals surface area contributed by atoms with Gasteiger partial charge in [0.1, 0.15) is 5.75 Å². The standard InChI is InChI=1S/C14H15N5O3S/c1-22-9-5-3-8(4-6-9)7-19-12-10(16-14(19)20)11(15)17-13(18-12)23(2)21/h3-6,13H,7H2,1-2H3,(H2,15,17). The van der Waals surface area contributed by atoms with Crippen molar-refractivity contribution in [2.24, 2.45) is 20.7 Å². The van der Waals surface area contributed by atoms with E-state index in [1.165, 1.54) is 11.2 Å². The number of benzene rings is 1. The lowest BCUT2D eigenvalue weighted by atomic mass is 10.2. The van der Waals surface area contributed by atoms with Gasteiger partial charge in [-0.3, -0.25) is 9.11 Å². The molecule has 2 atom stereocenters. The van der Waals surface area contributed by atoms with Gasteiger partial charge in [0.15, 0.2) is 17.4 Å². The van der Waals surface area contributed by atoms with E-state index in [1.54, 1.807) is 19.2 Å². The molecule has 0 saturated heterocycles. The van der Waals surface area contributed by atoms with Crippen LogP contribution in [0.4, 0.5) is 4.79 Å². The molecule has 0 radical (unpaired) electrons. The van der Waals surface area contributed by atoms with E-state index in [2.05, 4.69) is 15.0 Å². The highest BCUT2D eigenvalue weighted by atomic mass is 32.2. The number of carbonyl (C=O) groups excluding carboxylic acids is 1. The van der Waals surface area contributed by atoms with Crippen molar-refractivity contribution in [1.29, 1.82) is 0 Å². The first-order chi connectivity index (χ1) is 11.0. The van der Waals surface area contributed by atoms with E-state index >= 15 is 0 Å². The molecule has 1 aromatic rings. The number of methoxy groups -OCH3 is 1. The fourth-order valence-corrected chi connectivity index (χ4v) is 2.76. The maximum atomic E-state index is 12.1. The SMILES string of the molecule is COc1ccc(CN2C(=O)N=C3C(N)=NC(S(C)=O)N=C32)cc1. The van der Waals surface area contributed by atoms with Gasteiger partial charge in [0.25, 0.3) is 0 Å². The average Bonchev–Trinajstić information content (AvgIpc) is 2.85. The summed E-state index contributed by atoms with van der Waals surface area (Å²) in [6, 6.07) is 6.84. The largest absolute Gasteiger partial charge is 0.497 e. The molecule has 1 aromatic carbocycles. The van der Waals surface area contributed by atoms with Crippen LogP contribution in [-0.2, 0) is 17.3 Å². The molecule has 2 unspecified atom stereocenters. The van der Waals surface area contributed by atoms with Crippen molar-refractivity contribution in [2.75, 3.05) is 13.4 Å². The predicted molar refractivity (Wildman–Crippen MR) is 88.3 cm³/mol. The summed E-state index contributed by atoms with van der Waals surface area (Å²) in [5.74, 6) is 1.13. The van der Waals surface area contributed by atoms with Crippen molar-refractivity contribution in [1.82, 2.24) is 4.90 Å². The van der Waals surface area contributed by atoms with E-state index in [0.29, 0.717) is 5.84 Å².